The molecule has 0 amide bonds. The Balaban J connectivity index is -0.00000000545. The first-order valence-electron chi connectivity index (χ1n) is 4.24. The summed E-state index contributed by atoms with van der Waals surface area (Å²) in [6, 6.07) is 0. The Morgan fingerprint density at radius 1 is 0.429 bits per heavy atom. The van der Waals surface area contributed by atoms with Gasteiger partial charge >= 0.3 is 0 Å². The van der Waals surface area contributed by atoms with E-state index in [0.717, 1.165) is 0 Å². The molecule has 0 saturated heterocycles. The third-order valence-electron chi connectivity index (χ3n) is 0. The molecule has 0 aromatic heterocycles. The molecular weight excluding hydrogens is 196 g/mol. The van der Waals surface area contributed by atoms with Gasteiger partial charge in [-0.15, -0.1) is 0 Å². The van der Waals surface area contributed by atoms with Crippen LogP contribution >= 0.6 is 0 Å². The summed E-state index contributed by atoms with van der Waals surface area (Å²) in [6.45, 7) is 12.8. The third kappa shape index (κ3) is 1260. The van der Waals surface area contributed by atoms with Gasteiger partial charge in [-0.1, -0.05) is 90.5 Å². The first-order chi connectivity index (χ1) is 4.24. The summed E-state index contributed by atoms with van der Waals surface area (Å²) in [6.07, 6.45) is 3.75. The van der Waals surface area contributed by atoms with Crippen molar-refractivity contribution >= 4 is 0 Å². The Kier molecular flexibility index (Phi) is 581. The van der Waals surface area contributed by atoms with Gasteiger partial charge in [0, 0.05) is 37.7 Å². The van der Waals surface area contributed by atoms with Crippen LogP contribution in [0.25, 0.3) is 0 Å². The standard InChI is InChI=1S/3C3H8.4CH4.Ar/c3*1-3-2;;;;;/h3*3H2,1-2H3;4*1H4;. The zero-order valence-corrected chi connectivity index (χ0v) is 9.18. The van der Waals surface area contributed by atoms with Crippen LogP contribution in [0, 0.1) is 37.7 Å². The molecule has 0 radical (unpaired) electrons. The number of hydrogen-bond donors (Lipinski definition) is 0. The van der Waals surface area contributed by atoms with Gasteiger partial charge in [-0.05, 0) is 0 Å². The molecule has 0 N–H and O–H groups in total. The molecule has 0 atom stereocenters. The Hall–Kier alpha value is 1.26. The van der Waals surface area contributed by atoms with Crippen LogP contribution < -0.4 is 0 Å². The molecule has 0 nitrogen and oxygen atoms in total. The summed E-state index contributed by atoms with van der Waals surface area (Å²) >= 11 is 0. The molecule has 0 spiro atoms. The molecule has 0 aliphatic heterocycles. The minimum Gasteiger partial charge on any atom is -0.0776 e. The average Bonchev–Trinajstić information content (AvgIpc) is 1.70. The van der Waals surface area contributed by atoms with Crippen LogP contribution in [-0.4, -0.2) is 0 Å². The first-order valence-corrected chi connectivity index (χ1v) is 4.24. The first kappa shape index (κ1) is 58.9. The van der Waals surface area contributed by atoms with Crippen molar-refractivity contribution in [3.8, 4) is 0 Å². The van der Waals surface area contributed by atoms with E-state index in [1.165, 1.54) is 19.3 Å². The third-order valence-corrected chi connectivity index (χ3v) is 0. The van der Waals surface area contributed by atoms with Gasteiger partial charge in [0.25, 0.3) is 0 Å². The van der Waals surface area contributed by atoms with Gasteiger partial charge in [0.05, 0.1) is 0 Å². The molecule has 0 aliphatic carbocycles. The molecule has 0 fully saturated rings. The van der Waals surface area contributed by atoms with Gasteiger partial charge in [0.2, 0.25) is 0 Å². The summed E-state index contributed by atoms with van der Waals surface area (Å²) in [5.74, 6) is 0. The minimum atomic E-state index is 0. The fourth-order valence-corrected chi connectivity index (χ4v) is 0. The molecule has 0 aromatic carbocycles. The number of hydrogen-bond acceptors (Lipinski definition) is 0. The van der Waals surface area contributed by atoms with Crippen molar-refractivity contribution in [2.45, 2.75) is 90.5 Å². The summed E-state index contributed by atoms with van der Waals surface area (Å²) in [4.78, 5) is 0. The van der Waals surface area contributed by atoms with Crippen molar-refractivity contribution in [1.82, 2.24) is 0 Å². The van der Waals surface area contributed by atoms with Gasteiger partial charge in [0.15, 0.2) is 0 Å². The molecule has 0 aromatic rings. The molecule has 14 heavy (non-hydrogen) atoms. The van der Waals surface area contributed by atoms with Crippen LogP contribution in [0.1, 0.15) is 90.5 Å². The number of rotatable bonds is 0. The van der Waals surface area contributed by atoms with E-state index < -0.39 is 0 Å². The van der Waals surface area contributed by atoms with Gasteiger partial charge in [-0.3, -0.25) is 0 Å². The van der Waals surface area contributed by atoms with Crippen LogP contribution in [0.5, 0.6) is 0 Å². The molecule has 0 unspecified atom stereocenters. The maximum absolute atomic E-state index is 2.12. The van der Waals surface area contributed by atoms with E-state index in [0.29, 0.717) is 0 Å². The van der Waals surface area contributed by atoms with Crippen LogP contribution in [0.3, 0.4) is 0 Å². The molecule has 0 bridgehead atoms. The largest absolute Gasteiger partial charge is 0.0776 e. The molecule has 100 valence electrons. The van der Waals surface area contributed by atoms with Crippen molar-refractivity contribution in [1.29, 1.82) is 0 Å². The van der Waals surface area contributed by atoms with Crippen molar-refractivity contribution in [3.63, 3.8) is 0 Å². The fourth-order valence-electron chi connectivity index (χ4n) is 0. The molecule has 0 aliphatic rings. The van der Waals surface area contributed by atoms with E-state index in [9.17, 15) is 0 Å². The summed E-state index contributed by atoms with van der Waals surface area (Å²) in [5, 5.41) is 0. The molecular formula is C13H40Ar. The molecule has 0 saturated carbocycles. The Bertz CT molecular complexity index is 9.95. The van der Waals surface area contributed by atoms with Crippen molar-refractivity contribution in [3.05, 3.63) is 0 Å². The zero-order valence-electron chi connectivity index (χ0n) is 8.47. The Labute approximate surface area is 127 Å². The van der Waals surface area contributed by atoms with Crippen LogP contribution in [-0.2, 0) is 0 Å². The van der Waals surface area contributed by atoms with Gasteiger partial charge < -0.3 is 0 Å². The predicted octanol–water partition coefficient (Wildman–Crippen LogP) is 6.79. The van der Waals surface area contributed by atoms with Gasteiger partial charge in [0.1, 0.15) is 0 Å². The van der Waals surface area contributed by atoms with E-state index >= 15 is 0 Å². The topological polar surface area (TPSA) is 0 Å². The van der Waals surface area contributed by atoms with Gasteiger partial charge in [-0.25, -0.2) is 0 Å². The molecule has 0 heterocycles. The van der Waals surface area contributed by atoms with Crippen LogP contribution in [0.2, 0.25) is 0 Å². The average molecular weight is 236 g/mol. The smallest absolute Gasteiger partial charge is 0 e. The van der Waals surface area contributed by atoms with E-state index in [2.05, 4.69) is 41.5 Å². The van der Waals surface area contributed by atoms with E-state index in [4.69, 9.17) is 0 Å². The second-order valence-corrected chi connectivity index (χ2v) is 2.12. The van der Waals surface area contributed by atoms with E-state index in [-0.39, 0.29) is 67.4 Å². The maximum Gasteiger partial charge on any atom is 0 e. The van der Waals surface area contributed by atoms with Gasteiger partial charge in [-0.2, -0.15) is 0 Å². The van der Waals surface area contributed by atoms with Crippen LogP contribution in [0.4, 0.5) is 0 Å². The van der Waals surface area contributed by atoms with Crippen molar-refractivity contribution in [2.24, 2.45) is 0 Å². The van der Waals surface area contributed by atoms with E-state index in [1.807, 2.05) is 0 Å². The van der Waals surface area contributed by atoms with Crippen molar-refractivity contribution in [2.75, 3.05) is 0 Å². The molecule has 1 heteroatoms. The summed E-state index contributed by atoms with van der Waals surface area (Å²) < 4.78 is 0. The summed E-state index contributed by atoms with van der Waals surface area (Å²) in [7, 11) is 0. The van der Waals surface area contributed by atoms with E-state index in [1.54, 1.807) is 0 Å². The minimum absolute atomic E-state index is 0. The Morgan fingerprint density at radius 2 is 0.429 bits per heavy atom. The maximum atomic E-state index is 2.12. The fraction of sp³-hybridized carbons (Fsp3) is 1.00. The second-order valence-electron chi connectivity index (χ2n) is 2.12. The van der Waals surface area contributed by atoms with Crippen LogP contribution in [0.15, 0.2) is 0 Å². The quantitative estimate of drug-likeness (QED) is 0.434. The Morgan fingerprint density at radius 3 is 0.429 bits per heavy atom. The normalized spacial score (nSPS) is 3.86. The molecule has 0 rings (SSSR count). The monoisotopic (exact) mass is 236 g/mol. The van der Waals surface area contributed by atoms with Crippen molar-refractivity contribution < 1.29 is 37.7 Å². The summed E-state index contributed by atoms with van der Waals surface area (Å²) in [5.41, 5.74) is 0. The SMILES string of the molecule is C.C.C.C.CCC.CCC.CCC.[Ar]. The zero-order chi connectivity index (χ0) is 8.12. The second kappa shape index (κ2) is 138. The predicted molar refractivity (Wildman–Crippen MR) is 74.8 cm³/mol.